The monoisotopic (exact) mass is 525 g/mol. The van der Waals surface area contributed by atoms with E-state index in [2.05, 4.69) is 9.88 Å². The van der Waals surface area contributed by atoms with Crippen LogP contribution in [0.4, 0.5) is 0 Å². The van der Waals surface area contributed by atoms with Crippen LogP contribution in [0.15, 0.2) is 66.7 Å². The molecule has 1 aromatic heterocycles. The van der Waals surface area contributed by atoms with Crippen molar-refractivity contribution in [3.05, 3.63) is 89.0 Å². The average Bonchev–Trinajstić information content (AvgIpc) is 3.25. The molecule has 4 aromatic rings. The summed E-state index contributed by atoms with van der Waals surface area (Å²) in [5.74, 6) is -0.649. The van der Waals surface area contributed by atoms with Crippen molar-refractivity contribution in [2.24, 2.45) is 0 Å². The molecule has 2 amide bonds. The Morgan fingerprint density at radius 3 is 1.95 bits per heavy atom. The molecule has 39 heavy (non-hydrogen) atoms. The Balaban J connectivity index is 1.36. The quantitative estimate of drug-likeness (QED) is 0.0818. The van der Waals surface area contributed by atoms with Crippen LogP contribution in [0.2, 0.25) is 0 Å². The number of nitrogens with zero attached hydrogens (tertiary/aromatic N) is 1. The molecule has 0 unspecified atom stereocenters. The predicted octanol–water partition coefficient (Wildman–Crippen LogP) is 5.21. The highest BCUT2D eigenvalue weighted by Crippen LogP contribution is 2.31. The summed E-state index contributed by atoms with van der Waals surface area (Å²) in [4.78, 5) is 47.4. The van der Waals surface area contributed by atoms with E-state index >= 15 is 0 Å². The van der Waals surface area contributed by atoms with E-state index < -0.39 is 5.91 Å². The summed E-state index contributed by atoms with van der Waals surface area (Å²) in [6, 6.07) is 18.7. The van der Waals surface area contributed by atoms with Crippen LogP contribution >= 0.6 is 0 Å². The Morgan fingerprint density at radius 1 is 0.821 bits per heavy atom. The minimum Gasteiger partial charge on any atom is -0.352 e. The third kappa shape index (κ3) is 6.66. The van der Waals surface area contributed by atoms with E-state index in [1.54, 1.807) is 19.9 Å². The van der Waals surface area contributed by atoms with Gasteiger partial charge in [-0.05, 0) is 80.3 Å². The predicted molar refractivity (Wildman–Crippen MR) is 151 cm³/mol. The molecule has 0 saturated carbocycles. The number of benzene rings is 3. The second-order valence-corrected chi connectivity index (χ2v) is 9.51. The number of hydrogen-bond donors (Lipinski definition) is 3. The Labute approximate surface area is 226 Å². The molecule has 4 rings (SSSR count). The number of ketones is 2. The fraction of sp³-hybridized carbons (Fsp3) is 0.226. The number of Topliss-reactive ketones (excluding diaryl/α,β-unsaturated/α-hetero) is 2. The number of hydroxylamine groups is 1. The van der Waals surface area contributed by atoms with Gasteiger partial charge in [0.15, 0.2) is 11.6 Å². The molecule has 200 valence electrons. The molecule has 1 heterocycles. The van der Waals surface area contributed by atoms with E-state index in [1.165, 1.54) is 11.6 Å². The zero-order valence-electron chi connectivity index (χ0n) is 22.0. The number of fused-ring (bicyclic) bond motifs is 3. The highest BCUT2D eigenvalue weighted by atomic mass is 16.5. The Morgan fingerprint density at radius 2 is 1.41 bits per heavy atom. The number of amides is 2. The zero-order valence-corrected chi connectivity index (χ0v) is 22.0. The fourth-order valence-electron chi connectivity index (χ4n) is 4.58. The highest BCUT2D eigenvalue weighted by molar-refractivity contribution is 6.12. The highest BCUT2D eigenvalue weighted by Gasteiger charge is 2.14. The summed E-state index contributed by atoms with van der Waals surface area (Å²) in [6.07, 6.45) is 4.70. The minimum atomic E-state index is -0.603. The molecule has 3 N–H and O–H groups in total. The molecule has 0 bridgehead atoms. The lowest BCUT2D eigenvalue weighted by Crippen LogP contribution is -2.22. The molecular formula is C31H31N3O5. The van der Waals surface area contributed by atoms with Gasteiger partial charge in [-0.25, -0.2) is 5.48 Å². The van der Waals surface area contributed by atoms with Crippen LogP contribution in [-0.4, -0.2) is 33.2 Å². The summed E-state index contributed by atoms with van der Waals surface area (Å²) in [6.45, 7) is 4.20. The standard InChI is InChI=1S/C31H31N3O5/c1-20(35)24-11-13-28-26(17-24)27-18-25(21(2)36)12-14-29(27)34(28)16-4-3-5-30(37)32-19-23-8-6-22(7-9-23)10-15-31(38)33-39/h6-15,17-18,39H,3-5,16,19H2,1-2H3,(H,32,37)(H,33,38)/b15-10+. The van der Waals surface area contributed by atoms with Crippen LogP contribution in [0.1, 0.15) is 65.0 Å². The first kappa shape index (κ1) is 27.5. The maximum atomic E-state index is 12.4. The van der Waals surface area contributed by atoms with Crippen molar-refractivity contribution >= 4 is 51.3 Å². The SMILES string of the molecule is CC(=O)c1ccc2c(c1)c1cc(C(C)=O)ccc1n2CCCCC(=O)NCc1ccc(/C=C/C(=O)NO)cc1. The van der Waals surface area contributed by atoms with Gasteiger partial charge in [-0.1, -0.05) is 24.3 Å². The van der Waals surface area contributed by atoms with Crippen LogP contribution in [-0.2, 0) is 22.7 Å². The first-order chi connectivity index (χ1) is 18.8. The lowest BCUT2D eigenvalue weighted by Gasteiger charge is -2.09. The summed E-state index contributed by atoms with van der Waals surface area (Å²) < 4.78 is 2.19. The maximum Gasteiger partial charge on any atom is 0.267 e. The number of unbranched alkanes of at least 4 members (excludes halogenated alkanes) is 1. The van der Waals surface area contributed by atoms with Crippen molar-refractivity contribution in [1.82, 2.24) is 15.4 Å². The number of nitrogens with one attached hydrogen (secondary N) is 2. The number of hydrogen-bond acceptors (Lipinski definition) is 5. The van der Waals surface area contributed by atoms with Crippen molar-refractivity contribution in [1.29, 1.82) is 0 Å². The third-order valence-electron chi connectivity index (χ3n) is 6.72. The van der Waals surface area contributed by atoms with E-state index in [9.17, 15) is 19.2 Å². The number of aromatic nitrogens is 1. The normalized spacial score (nSPS) is 11.3. The molecule has 0 saturated heterocycles. The molecule has 3 aromatic carbocycles. The van der Waals surface area contributed by atoms with E-state index in [4.69, 9.17) is 5.21 Å². The van der Waals surface area contributed by atoms with Gasteiger partial charge in [0.05, 0.1) is 0 Å². The van der Waals surface area contributed by atoms with E-state index in [1.807, 2.05) is 60.7 Å². The lowest BCUT2D eigenvalue weighted by molar-refractivity contribution is -0.124. The second kappa shape index (κ2) is 12.3. The summed E-state index contributed by atoms with van der Waals surface area (Å²) in [7, 11) is 0. The van der Waals surface area contributed by atoms with Gasteiger partial charge in [0.25, 0.3) is 5.91 Å². The molecule has 0 atom stereocenters. The van der Waals surface area contributed by atoms with E-state index in [0.29, 0.717) is 37.1 Å². The van der Waals surface area contributed by atoms with Gasteiger partial charge in [-0.15, -0.1) is 0 Å². The Kier molecular flexibility index (Phi) is 8.68. The minimum absolute atomic E-state index is 0.00796. The van der Waals surface area contributed by atoms with Gasteiger partial charge in [-0.3, -0.25) is 24.4 Å². The summed E-state index contributed by atoms with van der Waals surface area (Å²) in [5.41, 5.74) is 6.53. The third-order valence-corrected chi connectivity index (χ3v) is 6.72. The van der Waals surface area contributed by atoms with Gasteiger partial charge in [0.1, 0.15) is 0 Å². The maximum absolute atomic E-state index is 12.4. The smallest absolute Gasteiger partial charge is 0.267 e. The molecule has 8 nitrogen and oxygen atoms in total. The topological polar surface area (TPSA) is 118 Å². The Hall–Kier alpha value is -4.56. The fourth-order valence-corrected chi connectivity index (χ4v) is 4.58. The second-order valence-electron chi connectivity index (χ2n) is 9.51. The zero-order chi connectivity index (χ0) is 27.9. The van der Waals surface area contributed by atoms with Crippen LogP contribution in [0.3, 0.4) is 0 Å². The molecule has 0 fully saturated rings. The lowest BCUT2D eigenvalue weighted by atomic mass is 10.0. The molecule has 0 aliphatic carbocycles. The van der Waals surface area contributed by atoms with Crippen molar-refractivity contribution in [3.63, 3.8) is 0 Å². The number of rotatable bonds is 11. The van der Waals surface area contributed by atoms with E-state index in [0.717, 1.165) is 39.4 Å². The largest absolute Gasteiger partial charge is 0.352 e. The average molecular weight is 526 g/mol. The molecular weight excluding hydrogens is 494 g/mol. The molecule has 0 aliphatic rings. The molecule has 0 aliphatic heterocycles. The molecule has 8 heteroatoms. The number of carbonyl (C=O) groups excluding carboxylic acids is 4. The summed E-state index contributed by atoms with van der Waals surface area (Å²) in [5, 5.41) is 13.3. The first-order valence-corrected chi connectivity index (χ1v) is 12.8. The van der Waals surface area contributed by atoms with Crippen molar-refractivity contribution < 1.29 is 24.4 Å². The van der Waals surface area contributed by atoms with E-state index in [-0.39, 0.29) is 17.5 Å². The van der Waals surface area contributed by atoms with Crippen molar-refractivity contribution in [3.8, 4) is 0 Å². The van der Waals surface area contributed by atoms with Crippen molar-refractivity contribution in [2.45, 2.75) is 46.2 Å². The van der Waals surface area contributed by atoms with Crippen LogP contribution in [0, 0.1) is 0 Å². The van der Waals surface area contributed by atoms with Crippen LogP contribution in [0.5, 0.6) is 0 Å². The van der Waals surface area contributed by atoms with Crippen LogP contribution < -0.4 is 10.8 Å². The van der Waals surface area contributed by atoms with Gasteiger partial charge in [-0.2, -0.15) is 0 Å². The summed E-state index contributed by atoms with van der Waals surface area (Å²) >= 11 is 0. The van der Waals surface area contributed by atoms with Gasteiger partial charge in [0.2, 0.25) is 5.91 Å². The first-order valence-electron chi connectivity index (χ1n) is 12.8. The number of aryl methyl sites for hydroxylation is 1. The molecule has 0 radical (unpaired) electrons. The van der Waals surface area contributed by atoms with Crippen molar-refractivity contribution in [2.75, 3.05) is 0 Å². The van der Waals surface area contributed by atoms with Gasteiger partial charge in [0, 0.05) is 58.5 Å². The Bertz CT molecular complexity index is 1510. The molecule has 0 spiro atoms. The van der Waals surface area contributed by atoms with Gasteiger partial charge < -0.3 is 9.88 Å². The number of carbonyl (C=O) groups is 4. The van der Waals surface area contributed by atoms with Gasteiger partial charge >= 0.3 is 0 Å². The van der Waals surface area contributed by atoms with Crippen LogP contribution in [0.25, 0.3) is 27.9 Å².